The van der Waals surface area contributed by atoms with Crippen LogP contribution in [0, 0.1) is 0 Å². The number of hydrogen-bond acceptors (Lipinski definition) is 4. The minimum Gasteiger partial charge on any atom is -0.497 e. The van der Waals surface area contributed by atoms with Gasteiger partial charge in [-0.15, -0.1) is 5.10 Å². The molecule has 1 aromatic carbocycles. The van der Waals surface area contributed by atoms with Crippen molar-refractivity contribution in [3.8, 4) is 11.4 Å². The van der Waals surface area contributed by atoms with Crippen LogP contribution in [-0.2, 0) is 6.42 Å². The second-order valence-corrected chi connectivity index (χ2v) is 5.00. The summed E-state index contributed by atoms with van der Waals surface area (Å²) in [6.45, 7) is 4.72. The Balaban J connectivity index is 2.34. The Morgan fingerprint density at radius 1 is 1.23 bits per heavy atom. The Morgan fingerprint density at radius 2 is 1.95 bits per heavy atom. The Bertz CT molecular complexity index is 620. The monoisotopic (exact) mass is 302 g/mol. The van der Waals surface area contributed by atoms with Gasteiger partial charge in [0.05, 0.1) is 18.5 Å². The third-order valence-electron chi connectivity index (χ3n) is 3.32. The predicted octanol–water partition coefficient (Wildman–Crippen LogP) is 2.37. The lowest BCUT2D eigenvalue weighted by atomic mass is 10.2. The zero-order valence-electron chi connectivity index (χ0n) is 13.3. The highest BCUT2D eigenvalue weighted by Crippen LogP contribution is 2.18. The highest BCUT2D eigenvalue weighted by atomic mass is 16.5. The predicted molar refractivity (Wildman–Crippen MR) is 84.5 cm³/mol. The molecule has 2 aromatic rings. The van der Waals surface area contributed by atoms with E-state index in [4.69, 9.17) is 4.74 Å². The van der Waals surface area contributed by atoms with E-state index in [1.165, 1.54) is 0 Å². The van der Waals surface area contributed by atoms with Gasteiger partial charge >= 0.3 is 0 Å². The molecule has 0 radical (unpaired) electrons. The molecule has 0 fully saturated rings. The van der Waals surface area contributed by atoms with Crippen LogP contribution in [0.3, 0.4) is 0 Å². The fraction of sp³-hybridized carbons (Fsp3) is 0.438. The van der Waals surface area contributed by atoms with E-state index in [1.54, 1.807) is 11.8 Å². The molecule has 0 aliphatic carbocycles. The summed E-state index contributed by atoms with van der Waals surface area (Å²) in [5.41, 5.74) is 2.11. The lowest BCUT2D eigenvalue weighted by Gasteiger charge is -2.08. The van der Waals surface area contributed by atoms with Crippen LogP contribution in [0.1, 0.15) is 42.9 Å². The number of ether oxygens (including phenoxy) is 1. The van der Waals surface area contributed by atoms with E-state index >= 15 is 0 Å². The van der Waals surface area contributed by atoms with Crippen molar-refractivity contribution in [2.45, 2.75) is 33.1 Å². The fourth-order valence-electron chi connectivity index (χ4n) is 2.19. The zero-order chi connectivity index (χ0) is 15.9. The van der Waals surface area contributed by atoms with Crippen molar-refractivity contribution in [3.05, 3.63) is 35.7 Å². The summed E-state index contributed by atoms with van der Waals surface area (Å²) in [6.07, 6.45) is 2.55. The van der Waals surface area contributed by atoms with Gasteiger partial charge in [-0.05, 0) is 37.1 Å². The fourth-order valence-corrected chi connectivity index (χ4v) is 2.19. The van der Waals surface area contributed by atoms with Gasteiger partial charge in [-0.25, -0.2) is 4.68 Å². The van der Waals surface area contributed by atoms with Crippen molar-refractivity contribution in [2.75, 3.05) is 13.7 Å². The molecule has 0 aliphatic heterocycles. The summed E-state index contributed by atoms with van der Waals surface area (Å²) in [6, 6.07) is 7.54. The molecule has 0 unspecified atom stereocenters. The number of nitrogens with one attached hydrogen (secondary N) is 1. The molecule has 6 heteroatoms. The largest absolute Gasteiger partial charge is 0.497 e. The summed E-state index contributed by atoms with van der Waals surface area (Å²) < 4.78 is 6.89. The number of benzene rings is 1. The van der Waals surface area contributed by atoms with Crippen molar-refractivity contribution < 1.29 is 9.53 Å². The SMILES string of the molecule is CCCNC(=O)c1nnn(-c2ccc(OC)cc2)c1CCC. The molecule has 1 N–H and O–H groups in total. The first-order valence-corrected chi connectivity index (χ1v) is 7.58. The number of amides is 1. The van der Waals surface area contributed by atoms with Crippen LogP contribution in [0.5, 0.6) is 5.75 Å². The molecule has 118 valence electrons. The van der Waals surface area contributed by atoms with E-state index in [2.05, 4.69) is 22.6 Å². The lowest BCUT2D eigenvalue weighted by molar-refractivity contribution is 0.0947. The van der Waals surface area contributed by atoms with Gasteiger partial charge in [0, 0.05) is 6.54 Å². The smallest absolute Gasteiger partial charge is 0.273 e. The molecule has 1 aromatic heterocycles. The van der Waals surface area contributed by atoms with Crippen LogP contribution < -0.4 is 10.1 Å². The Morgan fingerprint density at radius 3 is 2.55 bits per heavy atom. The third kappa shape index (κ3) is 3.44. The molecule has 0 atom stereocenters. The van der Waals surface area contributed by atoms with Gasteiger partial charge in [-0.2, -0.15) is 0 Å². The van der Waals surface area contributed by atoms with E-state index in [1.807, 2.05) is 31.2 Å². The third-order valence-corrected chi connectivity index (χ3v) is 3.32. The molecule has 2 rings (SSSR count). The normalized spacial score (nSPS) is 10.5. The number of hydrogen-bond donors (Lipinski definition) is 1. The summed E-state index contributed by atoms with van der Waals surface area (Å²) in [4.78, 5) is 12.2. The van der Waals surface area contributed by atoms with Crippen molar-refractivity contribution in [1.29, 1.82) is 0 Å². The average Bonchev–Trinajstić information content (AvgIpc) is 2.97. The standard InChI is InChI=1S/C16H22N4O2/c1-4-6-14-15(16(21)17-11-5-2)18-19-20(14)12-7-9-13(22-3)10-8-12/h7-10H,4-6,11H2,1-3H3,(H,17,21). The molecule has 0 aliphatic rings. The van der Waals surface area contributed by atoms with Crippen LogP contribution in [0.2, 0.25) is 0 Å². The number of nitrogens with zero attached hydrogens (tertiary/aromatic N) is 3. The van der Waals surface area contributed by atoms with Crippen LogP contribution in [-0.4, -0.2) is 34.6 Å². The van der Waals surface area contributed by atoms with Gasteiger partial charge in [0.15, 0.2) is 5.69 Å². The van der Waals surface area contributed by atoms with Crippen LogP contribution >= 0.6 is 0 Å². The lowest BCUT2D eigenvalue weighted by Crippen LogP contribution is -2.25. The summed E-state index contributed by atoms with van der Waals surface area (Å²) in [5, 5.41) is 11.1. The number of carbonyl (C=O) groups is 1. The molecule has 0 saturated carbocycles. The van der Waals surface area contributed by atoms with Crippen LogP contribution in [0.15, 0.2) is 24.3 Å². The highest BCUT2D eigenvalue weighted by molar-refractivity contribution is 5.93. The van der Waals surface area contributed by atoms with Gasteiger partial charge in [0.25, 0.3) is 5.91 Å². The second-order valence-electron chi connectivity index (χ2n) is 5.00. The van der Waals surface area contributed by atoms with E-state index in [-0.39, 0.29) is 5.91 Å². The molecular weight excluding hydrogens is 280 g/mol. The first-order chi connectivity index (χ1) is 10.7. The van der Waals surface area contributed by atoms with Crippen molar-refractivity contribution in [1.82, 2.24) is 20.3 Å². The molecule has 0 bridgehead atoms. The van der Waals surface area contributed by atoms with Crippen molar-refractivity contribution >= 4 is 5.91 Å². The Kier molecular flexibility index (Phi) is 5.52. The second kappa shape index (κ2) is 7.59. The Hall–Kier alpha value is -2.37. The molecule has 0 saturated heterocycles. The number of rotatable bonds is 7. The average molecular weight is 302 g/mol. The summed E-state index contributed by atoms with van der Waals surface area (Å²) in [5.74, 6) is 0.617. The number of methoxy groups -OCH3 is 1. The minimum atomic E-state index is -0.162. The molecule has 1 amide bonds. The maximum atomic E-state index is 12.2. The maximum Gasteiger partial charge on any atom is 0.273 e. The molecular formula is C16H22N4O2. The van der Waals surface area contributed by atoms with Gasteiger partial charge in [0.2, 0.25) is 0 Å². The number of aromatic nitrogens is 3. The molecule has 6 nitrogen and oxygen atoms in total. The molecule has 1 heterocycles. The highest BCUT2D eigenvalue weighted by Gasteiger charge is 2.19. The van der Waals surface area contributed by atoms with Crippen molar-refractivity contribution in [2.24, 2.45) is 0 Å². The van der Waals surface area contributed by atoms with Crippen molar-refractivity contribution in [3.63, 3.8) is 0 Å². The van der Waals surface area contributed by atoms with Gasteiger partial charge in [-0.1, -0.05) is 25.5 Å². The van der Waals surface area contributed by atoms with Gasteiger partial charge in [0.1, 0.15) is 5.75 Å². The summed E-state index contributed by atoms with van der Waals surface area (Å²) in [7, 11) is 1.63. The van der Waals surface area contributed by atoms with E-state index in [0.29, 0.717) is 12.2 Å². The molecule has 22 heavy (non-hydrogen) atoms. The van der Waals surface area contributed by atoms with Crippen LogP contribution in [0.4, 0.5) is 0 Å². The number of carbonyl (C=O) groups excluding carboxylic acids is 1. The van der Waals surface area contributed by atoms with E-state index < -0.39 is 0 Å². The van der Waals surface area contributed by atoms with Gasteiger partial charge in [-0.3, -0.25) is 4.79 Å². The Labute approximate surface area is 130 Å². The zero-order valence-corrected chi connectivity index (χ0v) is 13.3. The van der Waals surface area contributed by atoms with Crippen LogP contribution in [0.25, 0.3) is 5.69 Å². The first kappa shape index (κ1) is 16.0. The molecule has 0 spiro atoms. The minimum absolute atomic E-state index is 0.162. The maximum absolute atomic E-state index is 12.2. The topological polar surface area (TPSA) is 69.0 Å². The summed E-state index contributed by atoms with van der Waals surface area (Å²) >= 11 is 0. The van der Waals surface area contributed by atoms with E-state index in [9.17, 15) is 4.79 Å². The van der Waals surface area contributed by atoms with E-state index in [0.717, 1.165) is 36.4 Å². The quantitative estimate of drug-likeness (QED) is 0.852. The first-order valence-electron chi connectivity index (χ1n) is 7.58. The van der Waals surface area contributed by atoms with Gasteiger partial charge < -0.3 is 10.1 Å².